The molecule has 2 N–H and O–H groups in total. The van der Waals surface area contributed by atoms with E-state index >= 15 is 0 Å². The predicted octanol–water partition coefficient (Wildman–Crippen LogP) is 1.12. The largest absolute Gasteiger partial charge is 0.490 e. The Bertz CT molecular complexity index is 276. The molecule has 1 aliphatic heterocycles. The smallest absolute Gasteiger partial charge is 0.119 e. The monoisotopic (exact) mass is 191 g/mol. The summed E-state index contributed by atoms with van der Waals surface area (Å²) in [7, 11) is 0. The van der Waals surface area contributed by atoms with Gasteiger partial charge in [-0.1, -0.05) is 18.2 Å². The molecule has 2 unspecified atom stereocenters. The third-order valence-electron chi connectivity index (χ3n) is 2.37. The van der Waals surface area contributed by atoms with Crippen LogP contribution in [0.15, 0.2) is 30.3 Å². The number of para-hydroxylation sites is 1. The molecule has 1 aromatic carbocycles. The van der Waals surface area contributed by atoms with Gasteiger partial charge in [0.25, 0.3) is 0 Å². The third-order valence-corrected chi connectivity index (χ3v) is 2.37. The Morgan fingerprint density at radius 1 is 1.29 bits per heavy atom. The number of ether oxygens (including phenoxy) is 1. The summed E-state index contributed by atoms with van der Waals surface area (Å²) in [5.41, 5.74) is 5.73. The zero-order valence-electron chi connectivity index (χ0n) is 8.10. The molecule has 0 aromatic heterocycles. The average Bonchev–Trinajstić information content (AvgIpc) is 2.19. The van der Waals surface area contributed by atoms with E-state index in [-0.39, 0.29) is 12.3 Å². The molecular formula is C11H15N2O. The van der Waals surface area contributed by atoms with Gasteiger partial charge in [0.15, 0.2) is 0 Å². The molecule has 0 bridgehead atoms. The summed E-state index contributed by atoms with van der Waals surface area (Å²) in [4.78, 5) is 0. The van der Waals surface area contributed by atoms with Crippen molar-refractivity contribution >= 4 is 0 Å². The van der Waals surface area contributed by atoms with E-state index in [2.05, 4.69) is 5.32 Å². The van der Waals surface area contributed by atoms with E-state index in [0.29, 0.717) is 0 Å². The van der Waals surface area contributed by atoms with Crippen LogP contribution in [-0.2, 0) is 0 Å². The molecule has 0 aliphatic carbocycles. The first kappa shape index (κ1) is 9.49. The van der Waals surface area contributed by atoms with Crippen molar-refractivity contribution in [1.82, 2.24) is 5.32 Å². The molecule has 1 aliphatic rings. The molecule has 14 heavy (non-hydrogen) atoms. The fourth-order valence-electron chi connectivity index (χ4n) is 1.64. The fraction of sp³-hybridized carbons (Fsp3) is 0.455. The first-order valence-electron chi connectivity index (χ1n) is 4.98. The molecule has 2 rings (SSSR count). The lowest BCUT2D eigenvalue weighted by Gasteiger charge is -2.27. The Hall–Kier alpha value is -1.06. The number of rotatable bonds is 2. The van der Waals surface area contributed by atoms with Crippen LogP contribution in [0.5, 0.6) is 5.75 Å². The maximum absolute atomic E-state index is 5.79. The molecule has 1 radical (unpaired) electrons. The average molecular weight is 191 g/mol. The van der Waals surface area contributed by atoms with Gasteiger partial charge >= 0.3 is 0 Å². The standard InChI is InChI=1S/C11H15N2O/c12-11-8-10(6-7-13-11)14-9-4-2-1-3-5-9/h1-5,10-11H,6-8,12H2. The van der Waals surface area contributed by atoms with E-state index in [9.17, 15) is 0 Å². The van der Waals surface area contributed by atoms with Gasteiger partial charge in [-0.25, -0.2) is 5.32 Å². The van der Waals surface area contributed by atoms with Gasteiger partial charge in [-0.3, -0.25) is 0 Å². The molecule has 0 spiro atoms. The van der Waals surface area contributed by atoms with Crippen molar-refractivity contribution in [2.75, 3.05) is 6.54 Å². The second kappa shape index (κ2) is 4.44. The lowest BCUT2D eigenvalue weighted by Crippen LogP contribution is -2.43. The maximum Gasteiger partial charge on any atom is 0.119 e. The van der Waals surface area contributed by atoms with Crippen molar-refractivity contribution in [2.45, 2.75) is 25.1 Å². The first-order valence-corrected chi connectivity index (χ1v) is 4.98. The third kappa shape index (κ3) is 2.47. The highest BCUT2D eigenvalue weighted by molar-refractivity contribution is 5.21. The summed E-state index contributed by atoms with van der Waals surface area (Å²) in [6.07, 6.45) is 1.99. The Morgan fingerprint density at radius 2 is 2.07 bits per heavy atom. The molecule has 75 valence electrons. The van der Waals surface area contributed by atoms with E-state index in [1.54, 1.807) is 0 Å². The fourth-order valence-corrected chi connectivity index (χ4v) is 1.64. The van der Waals surface area contributed by atoms with Crippen LogP contribution < -0.4 is 15.8 Å². The van der Waals surface area contributed by atoms with Crippen molar-refractivity contribution < 1.29 is 4.74 Å². The summed E-state index contributed by atoms with van der Waals surface area (Å²) in [5.74, 6) is 0.923. The van der Waals surface area contributed by atoms with Crippen molar-refractivity contribution in [3.63, 3.8) is 0 Å². The lowest BCUT2D eigenvalue weighted by molar-refractivity contribution is 0.139. The number of nitrogens with two attached hydrogens (primary N) is 1. The zero-order chi connectivity index (χ0) is 9.80. The Labute approximate surface area is 84.3 Å². The van der Waals surface area contributed by atoms with Crippen molar-refractivity contribution in [2.24, 2.45) is 5.73 Å². The van der Waals surface area contributed by atoms with E-state index in [1.165, 1.54) is 0 Å². The van der Waals surface area contributed by atoms with Crippen molar-refractivity contribution in [1.29, 1.82) is 0 Å². The molecule has 1 aromatic rings. The number of benzene rings is 1. The second-order valence-electron chi connectivity index (χ2n) is 3.55. The number of nitrogens with zero attached hydrogens (tertiary/aromatic N) is 1. The molecule has 2 atom stereocenters. The van der Waals surface area contributed by atoms with Crippen LogP contribution in [0.1, 0.15) is 12.8 Å². The quantitative estimate of drug-likeness (QED) is 0.761. The molecule has 3 nitrogen and oxygen atoms in total. The van der Waals surface area contributed by atoms with Crippen LogP contribution in [-0.4, -0.2) is 18.8 Å². The van der Waals surface area contributed by atoms with Gasteiger partial charge in [0.1, 0.15) is 11.9 Å². The highest BCUT2D eigenvalue weighted by Gasteiger charge is 2.20. The Kier molecular flexibility index (Phi) is 3.01. The predicted molar refractivity (Wildman–Crippen MR) is 55.1 cm³/mol. The van der Waals surface area contributed by atoms with Gasteiger partial charge in [-0.2, -0.15) is 0 Å². The SMILES string of the molecule is NC1CC(Oc2ccccc2)CC[N]1. The molecule has 1 fully saturated rings. The Morgan fingerprint density at radius 3 is 2.79 bits per heavy atom. The highest BCUT2D eigenvalue weighted by atomic mass is 16.5. The molecule has 0 saturated carbocycles. The number of hydrogen-bond donors (Lipinski definition) is 1. The van der Waals surface area contributed by atoms with Gasteiger partial charge in [0.2, 0.25) is 0 Å². The van der Waals surface area contributed by atoms with Gasteiger partial charge in [-0.05, 0) is 18.6 Å². The van der Waals surface area contributed by atoms with E-state index in [0.717, 1.165) is 25.1 Å². The van der Waals surface area contributed by atoms with Crippen LogP contribution in [0.3, 0.4) is 0 Å². The summed E-state index contributed by atoms with van der Waals surface area (Å²) in [5, 5.41) is 4.22. The lowest BCUT2D eigenvalue weighted by atomic mass is 10.1. The summed E-state index contributed by atoms with van der Waals surface area (Å²) in [6.45, 7) is 0.818. The van der Waals surface area contributed by atoms with Crippen molar-refractivity contribution in [3.8, 4) is 5.75 Å². The number of piperidine rings is 1. The van der Waals surface area contributed by atoms with Gasteiger partial charge < -0.3 is 10.5 Å². The highest BCUT2D eigenvalue weighted by Crippen LogP contribution is 2.17. The number of hydrogen-bond acceptors (Lipinski definition) is 2. The van der Waals surface area contributed by atoms with Crippen molar-refractivity contribution in [3.05, 3.63) is 30.3 Å². The molecule has 1 heterocycles. The van der Waals surface area contributed by atoms with E-state index in [1.807, 2.05) is 30.3 Å². The second-order valence-corrected chi connectivity index (χ2v) is 3.55. The molecular weight excluding hydrogens is 176 g/mol. The summed E-state index contributed by atoms with van der Waals surface area (Å²) in [6, 6.07) is 9.87. The maximum atomic E-state index is 5.79. The Balaban J connectivity index is 1.91. The zero-order valence-corrected chi connectivity index (χ0v) is 8.10. The van der Waals surface area contributed by atoms with Crippen LogP contribution in [0.25, 0.3) is 0 Å². The topological polar surface area (TPSA) is 49.4 Å². The first-order chi connectivity index (χ1) is 6.84. The normalized spacial score (nSPS) is 27.2. The minimum absolute atomic E-state index is 0.0440. The summed E-state index contributed by atoms with van der Waals surface area (Å²) >= 11 is 0. The molecule has 1 saturated heterocycles. The van der Waals surface area contributed by atoms with Gasteiger partial charge in [-0.15, -0.1) is 0 Å². The molecule has 3 heteroatoms. The minimum Gasteiger partial charge on any atom is -0.490 e. The van der Waals surface area contributed by atoms with Crippen LogP contribution in [0.4, 0.5) is 0 Å². The van der Waals surface area contributed by atoms with Crippen LogP contribution in [0, 0.1) is 0 Å². The van der Waals surface area contributed by atoms with Crippen LogP contribution >= 0.6 is 0 Å². The van der Waals surface area contributed by atoms with Crippen LogP contribution in [0.2, 0.25) is 0 Å². The van der Waals surface area contributed by atoms with E-state index in [4.69, 9.17) is 10.5 Å². The van der Waals surface area contributed by atoms with Gasteiger partial charge in [0.05, 0.1) is 6.17 Å². The van der Waals surface area contributed by atoms with E-state index < -0.39 is 0 Å². The minimum atomic E-state index is -0.0440. The molecule has 0 amide bonds. The van der Waals surface area contributed by atoms with Gasteiger partial charge in [0, 0.05) is 13.0 Å². The summed E-state index contributed by atoms with van der Waals surface area (Å²) < 4.78 is 5.79.